The Bertz CT molecular complexity index is 1870. The van der Waals surface area contributed by atoms with Crippen molar-refractivity contribution in [1.29, 1.82) is 0 Å². The Morgan fingerprint density at radius 1 is 0.873 bits per heavy atom. The van der Waals surface area contributed by atoms with Crippen LogP contribution in [0.25, 0.3) is 11.1 Å². The number of aliphatic carboxylic acids is 1. The Hall–Kier alpha value is -4.82. The summed E-state index contributed by atoms with van der Waals surface area (Å²) in [6.45, 7) is 13.0. The van der Waals surface area contributed by atoms with Crippen LogP contribution in [0.15, 0.2) is 97.1 Å². The number of ether oxygens (including phenoxy) is 1. The van der Waals surface area contributed by atoms with Gasteiger partial charge in [0.2, 0.25) is 0 Å². The molecule has 9 nitrogen and oxygen atoms in total. The van der Waals surface area contributed by atoms with E-state index in [-0.39, 0.29) is 11.7 Å². The number of carbonyl (C=O) groups excluding carboxylic acids is 2. The predicted molar refractivity (Wildman–Crippen MR) is 201 cm³/mol. The molecule has 0 unspecified atom stereocenters. The summed E-state index contributed by atoms with van der Waals surface area (Å²) in [5, 5.41) is 15.3. The first-order valence-corrected chi connectivity index (χ1v) is 18.5. The topological polar surface area (TPSA) is 97.0 Å². The van der Waals surface area contributed by atoms with Crippen LogP contribution in [0.1, 0.15) is 34.0 Å². The number of carboxylic acids is 1. The van der Waals surface area contributed by atoms with Crippen molar-refractivity contribution < 1.29 is 41.5 Å². The largest absolute Gasteiger partial charge is 0.542 e. The number of piperazine rings is 2. The second-order valence-corrected chi connectivity index (χ2v) is 14.5. The molecule has 0 aliphatic carbocycles. The molecule has 294 valence electrons. The van der Waals surface area contributed by atoms with Gasteiger partial charge in [-0.05, 0) is 71.6 Å². The summed E-state index contributed by atoms with van der Waals surface area (Å²) in [6, 6.07) is 31.6. The van der Waals surface area contributed by atoms with E-state index in [9.17, 15) is 18.0 Å². The first-order valence-electron chi connectivity index (χ1n) is 18.5. The number of nitrogens with one attached hydrogen (secondary N) is 2. The fraction of sp³-hybridized carbons (Fsp3) is 0.381. The molecule has 4 aromatic rings. The van der Waals surface area contributed by atoms with Crippen LogP contribution in [0, 0.1) is 5.82 Å². The quantitative estimate of drug-likeness (QED) is 0.157. The molecule has 4 aromatic carbocycles. The predicted octanol–water partition coefficient (Wildman–Crippen LogP) is 4.86. The van der Waals surface area contributed by atoms with E-state index in [1.165, 1.54) is 11.6 Å². The number of nitrogens with zero attached hydrogens (tertiary/aromatic N) is 3. The van der Waals surface area contributed by atoms with E-state index >= 15 is 4.39 Å². The van der Waals surface area contributed by atoms with Crippen molar-refractivity contribution in [1.82, 2.24) is 20.4 Å². The molecule has 2 aliphatic heterocycles. The molecular weight excluding hydrogens is 714 g/mol. The fourth-order valence-electron chi connectivity index (χ4n) is 6.78. The highest BCUT2D eigenvalue weighted by molar-refractivity contribution is 5.94. The molecule has 2 fully saturated rings. The number of para-hydroxylation sites is 1. The van der Waals surface area contributed by atoms with Gasteiger partial charge in [-0.1, -0.05) is 54.6 Å². The molecule has 1 atom stereocenters. The first-order chi connectivity index (χ1) is 26.3. The van der Waals surface area contributed by atoms with Crippen LogP contribution < -0.4 is 20.5 Å². The molecule has 0 spiro atoms. The highest BCUT2D eigenvalue weighted by Gasteiger charge is 2.29. The van der Waals surface area contributed by atoms with Crippen LogP contribution in [0.2, 0.25) is 0 Å². The van der Waals surface area contributed by atoms with Gasteiger partial charge in [0.1, 0.15) is 30.7 Å². The number of carbonyl (C=O) groups is 2. The van der Waals surface area contributed by atoms with Crippen molar-refractivity contribution in [2.24, 2.45) is 0 Å². The summed E-state index contributed by atoms with van der Waals surface area (Å²) in [5.41, 5.74) is 5.21. The minimum absolute atomic E-state index is 0.128. The van der Waals surface area contributed by atoms with Crippen molar-refractivity contribution in [3.05, 3.63) is 125 Å². The number of carboxylic acid groups (broad SMARTS) is 1. The van der Waals surface area contributed by atoms with E-state index in [0.717, 1.165) is 92.4 Å². The monoisotopic (exact) mass is 763 g/mol. The molecule has 0 aromatic heterocycles. The molecular formula is C42H49F4N5O4. The van der Waals surface area contributed by atoms with Crippen LogP contribution >= 0.6 is 0 Å². The van der Waals surface area contributed by atoms with Crippen molar-refractivity contribution in [2.45, 2.75) is 38.8 Å². The van der Waals surface area contributed by atoms with E-state index in [0.29, 0.717) is 30.3 Å². The maximum absolute atomic E-state index is 15.0. The minimum atomic E-state index is -5.19. The summed E-state index contributed by atoms with van der Waals surface area (Å²) in [5.74, 6) is -2.47. The Labute approximate surface area is 320 Å². The maximum atomic E-state index is 15.0. The number of halogens is 4. The highest BCUT2D eigenvalue weighted by atomic mass is 19.4. The van der Waals surface area contributed by atoms with Crippen LogP contribution in [0.3, 0.4) is 0 Å². The van der Waals surface area contributed by atoms with Gasteiger partial charge in [0.25, 0.3) is 5.91 Å². The van der Waals surface area contributed by atoms with Gasteiger partial charge in [0, 0.05) is 69.5 Å². The molecule has 1 amide bonds. The zero-order valence-electron chi connectivity index (χ0n) is 31.3. The van der Waals surface area contributed by atoms with Crippen LogP contribution in [-0.2, 0) is 24.4 Å². The van der Waals surface area contributed by atoms with Gasteiger partial charge in [-0.3, -0.25) is 14.6 Å². The van der Waals surface area contributed by atoms with E-state index < -0.39 is 12.1 Å². The van der Waals surface area contributed by atoms with E-state index in [4.69, 9.17) is 14.6 Å². The zero-order chi connectivity index (χ0) is 39.4. The number of benzene rings is 4. The standard InChI is InChI=1S/C40H48FN5O2.C2HF3O2/c1-31-28-45(17-16-42-31)30-33-8-6-10-35(24-33)38-26-32(14-15-39(38)41)27-43-40(47)36-11-7-9-34(25-36)29-44-18-20-46(2,21-19-44)22-23-48-37-12-4-3-5-13-37;3-2(4,5)1(6)7/h3-15,24-26,31,42H,16-23,27-30H2,1-2H3;(H,6,7)/t31-;/m0./s1. The average molecular weight is 764 g/mol. The lowest BCUT2D eigenvalue weighted by molar-refractivity contribution is -0.913. The van der Waals surface area contributed by atoms with E-state index in [1.807, 2.05) is 66.7 Å². The van der Waals surface area contributed by atoms with Gasteiger partial charge in [0.05, 0.1) is 20.1 Å². The lowest BCUT2D eigenvalue weighted by Crippen LogP contribution is -2.58. The molecule has 2 aliphatic rings. The highest BCUT2D eigenvalue weighted by Crippen LogP contribution is 2.26. The number of hydrogen-bond donors (Lipinski definition) is 2. The SMILES string of the molecule is C[C@H]1CN(Cc2cccc(-c3cc(CNC(=O)c4cccc(CN5CC[N+](C)(CCOc6ccccc6)CC5)c4)ccc3F)c2)CCN1.O=C([O-])C(F)(F)F. The van der Waals surface area contributed by atoms with Gasteiger partial charge in [-0.2, -0.15) is 13.2 Å². The van der Waals surface area contributed by atoms with Crippen molar-refractivity contribution >= 4 is 11.9 Å². The molecule has 6 rings (SSSR count). The van der Waals surface area contributed by atoms with E-state index in [2.05, 4.69) is 52.6 Å². The number of hydrogen-bond acceptors (Lipinski definition) is 7. The summed E-state index contributed by atoms with van der Waals surface area (Å²) >= 11 is 0. The molecule has 0 bridgehead atoms. The molecule has 2 heterocycles. The third-order valence-corrected chi connectivity index (χ3v) is 9.96. The zero-order valence-corrected chi connectivity index (χ0v) is 31.3. The normalized spacial score (nSPS) is 17.5. The van der Waals surface area contributed by atoms with Crippen LogP contribution in [0.4, 0.5) is 17.6 Å². The molecule has 2 saturated heterocycles. The van der Waals surface area contributed by atoms with Crippen LogP contribution in [0.5, 0.6) is 5.75 Å². The van der Waals surface area contributed by atoms with E-state index in [1.54, 1.807) is 6.07 Å². The number of rotatable bonds is 12. The Morgan fingerprint density at radius 2 is 1.55 bits per heavy atom. The maximum Gasteiger partial charge on any atom is 0.430 e. The summed E-state index contributed by atoms with van der Waals surface area (Å²) in [6.07, 6.45) is -5.19. The lowest BCUT2D eigenvalue weighted by Gasteiger charge is -2.42. The van der Waals surface area contributed by atoms with Crippen molar-refractivity contribution in [3.8, 4) is 16.9 Å². The second-order valence-electron chi connectivity index (χ2n) is 14.5. The summed E-state index contributed by atoms with van der Waals surface area (Å²) < 4.78 is 53.5. The fourth-order valence-corrected chi connectivity index (χ4v) is 6.78. The van der Waals surface area contributed by atoms with Gasteiger partial charge >= 0.3 is 6.18 Å². The molecule has 2 N–H and O–H groups in total. The third kappa shape index (κ3) is 12.9. The first kappa shape index (κ1) is 41.3. The number of likely N-dealkylation sites (N-methyl/N-ethyl adjacent to an activating group) is 1. The van der Waals surface area contributed by atoms with Gasteiger partial charge in [-0.25, -0.2) is 4.39 Å². The smallest absolute Gasteiger partial charge is 0.430 e. The second kappa shape index (κ2) is 19.2. The van der Waals surface area contributed by atoms with Crippen molar-refractivity contribution in [3.63, 3.8) is 0 Å². The van der Waals surface area contributed by atoms with Crippen LogP contribution in [-0.4, -0.2) is 104 Å². The number of alkyl halides is 3. The molecule has 13 heteroatoms. The third-order valence-electron chi connectivity index (χ3n) is 9.96. The van der Waals surface area contributed by atoms with Crippen molar-refractivity contribution in [2.75, 3.05) is 66.0 Å². The Balaban J connectivity index is 0.000000757. The average Bonchev–Trinajstić information content (AvgIpc) is 3.16. The van der Waals surface area contributed by atoms with Gasteiger partial charge in [-0.15, -0.1) is 0 Å². The lowest BCUT2D eigenvalue weighted by atomic mass is 10.00. The summed E-state index contributed by atoms with van der Waals surface area (Å²) in [4.78, 5) is 26.9. The minimum Gasteiger partial charge on any atom is -0.542 e. The summed E-state index contributed by atoms with van der Waals surface area (Å²) in [7, 11) is 2.31. The molecule has 55 heavy (non-hydrogen) atoms. The number of quaternary nitrogens is 1. The molecule has 0 saturated carbocycles. The molecule has 0 radical (unpaired) electrons. The Morgan fingerprint density at radius 3 is 2.24 bits per heavy atom. The van der Waals surface area contributed by atoms with Gasteiger partial charge in [0.15, 0.2) is 0 Å². The Kier molecular flexibility index (Phi) is 14.4. The number of amides is 1. The van der Waals surface area contributed by atoms with Gasteiger partial charge < -0.3 is 29.8 Å².